The highest BCUT2D eigenvalue weighted by Crippen LogP contribution is 2.28. The van der Waals surface area contributed by atoms with Crippen molar-refractivity contribution in [1.82, 2.24) is 4.72 Å². The van der Waals surface area contributed by atoms with Gasteiger partial charge < -0.3 is 10.2 Å². The molecule has 0 aliphatic rings. The monoisotopic (exact) mass is 318 g/mol. The number of nitrogens with one attached hydrogen (secondary N) is 1. The molecule has 0 saturated heterocycles. The molecule has 9 heteroatoms. The smallest absolute Gasteiger partial charge is 0.312 e. The fraction of sp³-hybridized carbons (Fsp3) is 0.500. The lowest BCUT2D eigenvalue weighted by atomic mass is 10.1. The zero-order chi connectivity index (χ0) is 16.0. The number of nitro groups is 1. The number of aliphatic hydroxyl groups excluding tert-OH is 1. The zero-order valence-electron chi connectivity index (χ0n) is 11.5. The van der Waals surface area contributed by atoms with Gasteiger partial charge in [-0.3, -0.25) is 10.1 Å². The van der Waals surface area contributed by atoms with E-state index in [4.69, 9.17) is 5.11 Å². The van der Waals surface area contributed by atoms with Gasteiger partial charge in [0.15, 0.2) is 5.75 Å². The second kappa shape index (κ2) is 7.34. The van der Waals surface area contributed by atoms with E-state index in [0.717, 1.165) is 18.2 Å². The van der Waals surface area contributed by atoms with Crippen molar-refractivity contribution in [1.29, 1.82) is 0 Å². The first-order chi connectivity index (χ1) is 9.77. The zero-order valence-corrected chi connectivity index (χ0v) is 12.3. The van der Waals surface area contributed by atoms with Crippen molar-refractivity contribution in [3.05, 3.63) is 28.3 Å². The molecule has 0 amide bonds. The van der Waals surface area contributed by atoms with Crippen molar-refractivity contribution < 1.29 is 23.6 Å². The quantitative estimate of drug-likeness (QED) is 0.372. The number of hydrogen-bond donors (Lipinski definition) is 3. The SMILES string of the molecule is CC(CO)CCCNS(=O)(=O)c1ccc(O)c([N+](=O)[O-])c1. The molecule has 0 aliphatic carbocycles. The Morgan fingerprint density at radius 1 is 1.43 bits per heavy atom. The number of benzene rings is 1. The van der Waals surface area contributed by atoms with E-state index < -0.39 is 26.4 Å². The highest BCUT2D eigenvalue weighted by molar-refractivity contribution is 7.89. The maximum atomic E-state index is 12.0. The van der Waals surface area contributed by atoms with E-state index in [2.05, 4.69) is 4.72 Å². The topological polar surface area (TPSA) is 130 Å². The average Bonchev–Trinajstić information content (AvgIpc) is 2.43. The first kappa shape index (κ1) is 17.3. The van der Waals surface area contributed by atoms with Crippen LogP contribution in [0.15, 0.2) is 23.1 Å². The first-order valence-electron chi connectivity index (χ1n) is 6.36. The molecule has 1 unspecified atom stereocenters. The van der Waals surface area contributed by atoms with E-state index in [1.165, 1.54) is 0 Å². The molecule has 118 valence electrons. The van der Waals surface area contributed by atoms with E-state index in [9.17, 15) is 23.6 Å². The molecule has 1 aromatic carbocycles. The molecule has 3 N–H and O–H groups in total. The molecule has 1 aromatic rings. The Labute approximate surface area is 122 Å². The summed E-state index contributed by atoms with van der Waals surface area (Å²) >= 11 is 0. The van der Waals surface area contributed by atoms with Gasteiger partial charge in [0.05, 0.1) is 9.82 Å². The Bertz CT molecular complexity index is 602. The number of rotatable bonds is 8. The molecule has 0 aliphatic heterocycles. The number of aromatic hydroxyl groups is 1. The summed E-state index contributed by atoms with van der Waals surface area (Å²) in [5.41, 5.74) is -0.660. The third-order valence-corrected chi connectivity index (χ3v) is 4.39. The summed E-state index contributed by atoms with van der Waals surface area (Å²) in [7, 11) is -3.87. The Kier molecular flexibility index (Phi) is 6.06. The van der Waals surface area contributed by atoms with Crippen molar-refractivity contribution in [3.8, 4) is 5.75 Å². The number of nitro benzene ring substituents is 1. The summed E-state index contributed by atoms with van der Waals surface area (Å²) in [6, 6.07) is 2.88. The van der Waals surface area contributed by atoms with Crippen molar-refractivity contribution in [2.75, 3.05) is 13.2 Å². The largest absolute Gasteiger partial charge is 0.502 e. The minimum Gasteiger partial charge on any atom is -0.502 e. The predicted octanol–water partition coefficient (Wildman–Crippen LogP) is 0.987. The van der Waals surface area contributed by atoms with E-state index in [1.54, 1.807) is 0 Å². The third kappa shape index (κ3) is 4.96. The van der Waals surface area contributed by atoms with Crippen molar-refractivity contribution in [2.24, 2.45) is 5.92 Å². The fourth-order valence-corrected chi connectivity index (χ4v) is 2.74. The predicted molar refractivity (Wildman–Crippen MR) is 75.4 cm³/mol. The molecule has 0 bridgehead atoms. The standard InChI is InChI=1S/C12H18N2O6S/c1-9(8-15)3-2-6-13-21(19,20)10-4-5-12(16)11(7-10)14(17)18/h4-5,7,9,13,15-16H,2-3,6,8H2,1H3. The number of phenols is 1. The molecular weight excluding hydrogens is 300 g/mol. The summed E-state index contributed by atoms with van der Waals surface area (Å²) in [6.07, 6.45) is 1.20. The van der Waals surface area contributed by atoms with Crippen LogP contribution in [0.4, 0.5) is 5.69 Å². The van der Waals surface area contributed by atoms with Crippen molar-refractivity contribution in [3.63, 3.8) is 0 Å². The van der Waals surface area contributed by atoms with Crippen LogP contribution in [0.1, 0.15) is 19.8 Å². The molecule has 8 nitrogen and oxygen atoms in total. The average molecular weight is 318 g/mol. The molecule has 0 heterocycles. The molecule has 0 radical (unpaired) electrons. The molecule has 0 aromatic heterocycles. The fourth-order valence-electron chi connectivity index (χ4n) is 1.65. The van der Waals surface area contributed by atoms with Gasteiger partial charge in [0.2, 0.25) is 10.0 Å². The van der Waals surface area contributed by atoms with Crippen LogP contribution < -0.4 is 4.72 Å². The van der Waals surface area contributed by atoms with Gasteiger partial charge in [0.1, 0.15) is 0 Å². The summed E-state index contributed by atoms with van der Waals surface area (Å²) in [4.78, 5) is 9.55. The van der Waals surface area contributed by atoms with Gasteiger partial charge in [-0.05, 0) is 30.9 Å². The lowest BCUT2D eigenvalue weighted by Crippen LogP contribution is -2.25. The van der Waals surface area contributed by atoms with Crippen LogP contribution in [0.5, 0.6) is 5.75 Å². The van der Waals surface area contributed by atoms with Crippen LogP contribution in [0.3, 0.4) is 0 Å². The van der Waals surface area contributed by atoms with Crippen LogP contribution in [0.2, 0.25) is 0 Å². The van der Waals surface area contributed by atoms with E-state index in [0.29, 0.717) is 12.8 Å². The van der Waals surface area contributed by atoms with Crippen LogP contribution >= 0.6 is 0 Å². The minimum absolute atomic E-state index is 0.0386. The van der Waals surface area contributed by atoms with Gasteiger partial charge in [0.25, 0.3) is 0 Å². The molecule has 1 atom stereocenters. The van der Waals surface area contributed by atoms with Gasteiger partial charge >= 0.3 is 5.69 Å². The van der Waals surface area contributed by atoms with Crippen LogP contribution in [0, 0.1) is 16.0 Å². The van der Waals surface area contributed by atoms with E-state index in [1.807, 2.05) is 6.92 Å². The van der Waals surface area contributed by atoms with Crippen molar-refractivity contribution >= 4 is 15.7 Å². The maximum absolute atomic E-state index is 12.0. The molecule has 0 saturated carbocycles. The minimum atomic E-state index is -3.87. The second-order valence-electron chi connectivity index (χ2n) is 4.74. The molecule has 0 spiro atoms. The van der Waals surface area contributed by atoms with Crippen molar-refractivity contribution in [2.45, 2.75) is 24.7 Å². The second-order valence-corrected chi connectivity index (χ2v) is 6.50. The van der Waals surface area contributed by atoms with Gasteiger partial charge in [0, 0.05) is 19.2 Å². The van der Waals surface area contributed by atoms with Gasteiger partial charge in [-0.2, -0.15) is 0 Å². The van der Waals surface area contributed by atoms with E-state index in [-0.39, 0.29) is 24.0 Å². The van der Waals surface area contributed by atoms with Crippen LogP contribution in [-0.2, 0) is 10.0 Å². The number of phenolic OH excluding ortho intramolecular Hbond substituents is 1. The number of nitrogens with zero attached hydrogens (tertiary/aromatic N) is 1. The normalized spacial score (nSPS) is 13.0. The Morgan fingerprint density at radius 2 is 2.10 bits per heavy atom. The molecule has 0 fully saturated rings. The maximum Gasteiger partial charge on any atom is 0.312 e. The number of hydrogen-bond acceptors (Lipinski definition) is 6. The Morgan fingerprint density at radius 3 is 2.67 bits per heavy atom. The van der Waals surface area contributed by atoms with Gasteiger partial charge in [-0.25, -0.2) is 13.1 Å². The molecule has 21 heavy (non-hydrogen) atoms. The molecular formula is C12H18N2O6S. The van der Waals surface area contributed by atoms with Gasteiger partial charge in [-0.1, -0.05) is 6.92 Å². The lowest BCUT2D eigenvalue weighted by molar-refractivity contribution is -0.386. The highest BCUT2D eigenvalue weighted by atomic mass is 32.2. The summed E-state index contributed by atoms with van der Waals surface area (Å²) in [6.45, 7) is 2.05. The summed E-state index contributed by atoms with van der Waals surface area (Å²) < 4.78 is 26.3. The summed E-state index contributed by atoms with van der Waals surface area (Å²) in [5, 5.41) is 28.8. The first-order valence-corrected chi connectivity index (χ1v) is 7.84. The van der Waals surface area contributed by atoms with Crippen LogP contribution in [-0.4, -0.2) is 36.7 Å². The Balaban J connectivity index is 2.75. The number of aliphatic hydroxyl groups is 1. The summed E-state index contributed by atoms with van der Waals surface area (Å²) in [5.74, 6) is -0.500. The van der Waals surface area contributed by atoms with Crippen LogP contribution in [0.25, 0.3) is 0 Å². The van der Waals surface area contributed by atoms with E-state index >= 15 is 0 Å². The lowest BCUT2D eigenvalue weighted by Gasteiger charge is -2.09. The molecule has 1 rings (SSSR count). The Hall–Kier alpha value is -1.71. The van der Waals surface area contributed by atoms with Gasteiger partial charge in [-0.15, -0.1) is 0 Å². The third-order valence-electron chi connectivity index (χ3n) is 2.93. The number of sulfonamides is 1. The highest BCUT2D eigenvalue weighted by Gasteiger charge is 2.20.